The van der Waals surface area contributed by atoms with Gasteiger partial charge in [0, 0.05) is 36.1 Å². The number of aryl methyl sites for hydroxylation is 1. The number of benzene rings is 1. The van der Waals surface area contributed by atoms with Gasteiger partial charge in [-0.15, -0.1) is 11.3 Å². The van der Waals surface area contributed by atoms with E-state index in [0.717, 1.165) is 80.7 Å². The molecule has 6 rings (SSSR count). The van der Waals surface area contributed by atoms with Gasteiger partial charge in [0.25, 0.3) is 0 Å². The van der Waals surface area contributed by atoms with Crippen molar-refractivity contribution in [2.24, 2.45) is 5.73 Å². The molecule has 1 aromatic carbocycles. The van der Waals surface area contributed by atoms with E-state index in [0.29, 0.717) is 24.3 Å². The largest absolute Gasteiger partial charge is 0.474 e. The van der Waals surface area contributed by atoms with Crippen LogP contribution >= 0.6 is 11.3 Å². The first kappa shape index (κ1) is 23.6. The summed E-state index contributed by atoms with van der Waals surface area (Å²) in [5.41, 5.74) is 7.71. The fraction of sp³-hybridized carbons (Fsp3) is 0.519. The molecule has 1 amide bonds. The molecule has 0 bridgehead atoms. The first-order valence-corrected chi connectivity index (χ1v) is 13.9. The first-order chi connectivity index (χ1) is 17.6. The molecule has 2 aromatic heterocycles. The number of aromatic nitrogens is 2. The highest BCUT2D eigenvalue weighted by atomic mass is 32.1. The summed E-state index contributed by atoms with van der Waals surface area (Å²) < 4.78 is 12.2. The van der Waals surface area contributed by atoms with Gasteiger partial charge in [0.2, 0.25) is 17.7 Å². The van der Waals surface area contributed by atoms with Crippen LogP contribution in [0.4, 0.5) is 11.6 Å². The number of morpholine rings is 1. The van der Waals surface area contributed by atoms with Crippen LogP contribution in [0.15, 0.2) is 30.3 Å². The number of primary amides is 1. The lowest BCUT2D eigenvalue weighted by Crippen LogP contribution is -2.46. The molecule has 2 aliphatic carbocycles. The van der Waals surface area contributed by atoms with Crippen LogP contribution in [0.1, 0.15) is 54.9 Å². The minimum absolute atomic E-state index is 0.113. The third kappa shape index (κ3) is 4.92. The Bertz CT molecular complexity index is 1220. The zero-order chi connectivity index (χ0) is 24.5. The van der Waals surface area contributed by atoms with Gasteiger partial charge in [0.15, 0.2) is 0 Å². The Morgan fingerprint density at radius 2 is 1.89 bits per heavy atom. The van der Waals surface area contributed by atoms with E-state index in [2.05, 4.69) is 10.2 Å². The van der Waals surface area contributed by atoms with Crippen molar-refractivity contribution in [3.05, 3.63) is 40.8 Å². The van der Waals surface area contributed by atoms with E-state index in [9.17, 15) is 4.79 Å². The van der Waals surface area contributed by atoms with E-state index in [1.807, 2.05) is 30.3 Å². The van der Waals surface area contributed by atoms with Crippen molar-refractivity contribution in [1.29, 1.82) is 0 Å². The van der Waals surface area contributed by atoms with Crippen LogP contribution in [0, 0.1) is 0 Å². The number of para-hydroxylation sites is 1. The van der Waals surface area contributed by atoms with Crippen LogP contribution in [0.2, 0.25) is 0 Å². The molecule has 1 atom stereocenters. The molecule has 3 heterocycles. The number of nitrogens with two attached hydrogens (primary N) is 1. The van der Waals surface area contributed by atoms with Gasteiger partial charge in [-0.1, -0.05) is 18.2 Å². The number of thiophene rings is 1. The summed E-state index contributed by atoms with van der Waals surface area (Å²) in [6, 6.07) is 10.6. The fourth-order valence-corrected chi connectivity index (χ4v) is 7.23. The van der Waals surface area contributed by atoms with Gasteiger partial charge in [0.05, 0.1) is 18.6 Å². The highest BCUT2D eigenvalue weighted by Crippen LogP contribution is 2.48. The van der Waals surface area contributed by atoms with Crippen molar-refractivity contribution in [3.63, 3.8) is 0 Å². The Morgan fingerprint density at radius 1 is 1.11 bits per heavy atom. The number of hydrogen-bond donors (Lipinski definition) is 2. The van der Waals surface area contributed by atoms with Gasteiger partial charge in [-0.3, -0.25) is 9.69 Å². The maximum absolute atomic E-state index is 11.8. The average Bonchev–Trinajstić information content (AvgIpc) is 3.45. The number of nitrogens with zero attached hydrogens (tertiary/aromatic N) is 3. The monoisotopic (exact) mass is 507 g/mol. The van der Waals surface area contributed by atoms with Crippen LogP contribution < -0.4 is 15.8 Å². The number of hydrogen-bond acceptors (Lipinski definition) is 8. The minimum Gasteiger partial charge on any atom is -0.474 e. The molecule has 8 nitrogen and oxygen atoms in total. The molecule has 190 valence electrons. The lowest BCUT2D eigenvalue weighted by Gasteiger charge is -2.38. The highest BCUT2D eigenvalue weighted by Gasteiger charge is 2.33. The van der Waals surface area contributed by atoms with E-state index in [-0.39, 0.29) is 17.9 Å². The summed E-state index contributed by atoms with van der Waals surface area (Å²) in [7, 11) is 0. The number of fused-ring (bicyclic) bond motifs is 3. The molecule has 0 unspecified atom stereocenters. The van der Waals surface area contributed by atoms with Crippen LogP contribution in [0.3, 0.4) is 0 Å². The molecule has 1 aliphatic heterocycles. The number of rotatable bonds is 7. The molecular formula is C27H33N5O3S. The van der Waals surface area contributed by atoms with Crippen molar-refractivity contribution in [2.45, 2.75) is 63.0 Å². The van der Waals surface area contributed by atoms with Crippen LogP contribution in [-0.4, -0.2) is 59.2 Å². The van der Waals surface area contributed by atoms with E-state index >= 15 is 0 Å². The van der Waals surface area contributed by atoms with Crippen LogP contribution in [-0.2, 0) is 16.0 Å². The van der Waals surface area contributed by atoms with E-state index in [4.69, 9.17) is 25.2 Å². The highest BCUT2D eigenvalue weighted by molar-refractivity contribution is 7.19. The molecule has 0 spiro atoms. The summed E-state index contributed by atoms with van der Waals surface area (Å²) in [6.07, 6.45) is 6.62. The summed E-state index contributed by atoms with van der Waals surface area (Å²) in [6.45, 7) is 3.73. The maximum Gasteiger partial charge on any atom is 0.231 e. The Kier molecular flexibility index (Phi) is 6.77. The van der Waals surface area contributed by atoms with E-state index in [1.165, 1.54) is 10.4 Å². The smallest absolute Gasteiger partial charge is 0.231 e. The fourth-order valence-electron chi connectivity index (χ4n) is 5.97. The van der Waals surface area contributed by atoms with Gasteiger partial charge in [-0.25, -0.2) is 4.98 Å². The van der Waals surface area contributed by atoms with Gasteiger partial charge < -0.3 is 20.5 Å². The quantitative estimate of drug-likeness (QED) is 0.490. The van der Waals surface area contributed by atoms with Crippen molar-refractivity contribution < 1.29 is 14.3 Å². The van der Waals surface area contributed by atoms with Crippen LogP contribution in [0.25, 0.3) is 10.2 Å². The third-order valence-electron chi connectivity index (χ3n) is 7.72. The third-order valence-corrected chi connectivity index (χ3v) is 8.88. The lowest BCUT2D eigenvalue weighted by molar-refractivity contribution is -0.118. The summed E-state index contributed by atoms with van der Waals surface area (Å²) in [5, 5.41) is 4.32. The molecule has 36 heavy (non-hydrogen) atoms. The number of ether oxygens (including phenoxy) is 2. The van der Waals surface area contributed by atoms with Gasteiger partial charge >= 0.3 is 0 Å². The van der Waals surface area contributed by atoms with E-state index in [1.54, 1.807) is 11.3 Å². The summed E-state index contributed by atoms with van der Waals surface area (Å²) in [5.74, 6) is 1.03. The molecule has 9 heteroatoms. The maximum atomic E-state index is 11.8. The minimum atomic E-state index is -0.264. The molecule has 0 radical (unpaired) electrons. The van der Waals surface area contributed by atoms with E-state index < -0.39 is 0 Å². The van der Waals surface area contributed by atoms with Crippen molar-refractivity contribution in [2.75, 3.05) is 31.6 Å². The van der Waals surface area contributed by atoms with Gasteiger partial charge in [-0.05, 0) is 62.1 Å². The lowest BCUT2D eigenvalue weighted by atomic mass is 9.91. The van der Waals surface area contributed by atoms with Crippen LogP contribution in [0.5, 0.6) is 5.88 Å². The molecule has 2 fully saturated rings. The first-order valence-electron chi connectivity index (χ1n) is 13.1. The number of carbonyl (C=O) groups excluding carboxylic acids is 1. The Hall–Kier alpha value is -2.75. The summed E-state index contributed by atoms with van der Waals surface area (Å²) in [4.78, 5) is 26.3. The molecule has 1 saturated heterocycles. The van der Waals surface area contributed by atoms with Crippen molar-refractivity contribution in [3.8, 4) is 5.88 Å². The predicted molar refractivity (Wildman–Crippen MR) is 141 cm³/mol. The number of anilines is 2. The SMILES string of the molecule is NC(=O)C[C@H]1CCc2sc3nc(Nc4ccccc4)nc(OC4CCC(N5CCOCC5)CC4)c3c21. The molecule has 1 saturated carbocycles. The zero-order valence-corrected chi connectivity index (χ0v) is 21.3. The normalized spacial score (nSPS) is 24.5. The van der Waals surface area contributed by atoms with Gasteiger partial charge in [-0.2, -0.15) is 4.98 Å². The summed E-state index contributed by atoms with van der Waals surface area (Å²) >= 11 is 1.70. The number of carbonyl (C=O) groups is 1. The molecular weight excluding hydrogens is 474 g/mol. The average molecular weight is 508 g/mol. The van der Waals surface area contributed by atoms with Crippen molar-refractivity contribution >= 4 is 39.1 Å². The molecule has 3 N–H and O–H groups in total. The molecule has 3 aromatic rings. The Labute approximate surface area is 215 Å². The topological polar surface area (TPSA) is 103 Å². The predicted octanol–water partition coefficient (Wildman–Crippen LogP) is 4.36. The molecule has 3 aliphatic rings. The second-order valence-corrected chi connectivity index (χ2v) is 11.1. The van der Waals surface area contributed by atoms with Crippen molar-refractivity contribution in [1.82, 2.24) is 14.9 Å². The van der Waals surface area contributed by atoms with Gasteiger partial charge in [0.1, 0.15) is 10.9 Å². The zero-order valence-electron chi connectivity index (χ0n) is 20.4. The Balaban J connectivity index is 1.28. The second kappa shape index (κ2) is 10.3. The Morgan fingerprint density at radius 3 is 2.64 bits per heavy atom. The standard InChI is InChI=1S/C27H33N5O3S/c28-22(33)16-17-6-11-21-23(17)24-25(30-27(31-26(24)36-21)29-18-4-2-1-3-5-18)35-20-9-7-19(8-10-20)32-12-14-34-15-13-32/h1-5,17,19-20H,6-16H2,(H2,28,33)(H,29,30,31)/t17-,19?,20?/m1/s1. The number of amides is 1. The number of nitrogens with one attached hydrogen (secondary N) is 1. The second-order valence-electron chi connectivity index (χ2n) is 10.1.